The van der Waals surface area contributed by atoms with E-state index in [2.05, 4.69) is 10.0 Å². The number of sulfone groups is 1. The van der Waals surface area contributed by atoms with Crippen LogP contribution in [0.4, 0.5) is 0 Å². The quantitative estimate of drug-likeness (QED) is 0.329. The molecule has 3 amide bonds. The molecule has 2 saturated heterocycles. The number of nitrogens with zero attached hydrogens (tertiary/aromatic N) is 2. The molecule has 3 atom stereocenters. The number of carbonyl (C=O) groups is 3. The molecular formula is C29H36ClN5O7S2. The zero-order chi connectivity index (χ0) is 31.7. The molecule has 5 rings (SSSR count). The maximum Gasteiger partial charge on any atom is 0.245 e. The molecule has 1 unspecified atom stereocenters. The van der Waals surface area contributed by atoms with Crippen molar-refractivity contribution in [3.63, 3.8) is 0 Å². The van der Waals surface area contributed by atoms with Gasteiger partial charge in [-0.3, -0.25) is 14.4 Å². The first-order valence-corrected chi connectivity index (χ1v) is 18.3. The molecule has 44 heavy (non-hydrogen) atoms. The molecular weight excluding hydrogens is 630 g/mol. The van der Waals surface area contributed by atoms with Crippen LogP contribution in [0.15, 0.2) is 48.5 Å². The lowest BCUT2D eigenvalue weighted by Gasteiger charge is -2.31. The normalized spacial score (nSPS) is 24.6. The maximum atomic E-state index is 14.2. The molecule has 3 aliphatic rings. The molecule has 1 saturated carbocycles. The Bertz CT molecular complexity index is 1640. The average molecular weight is 666 g/mol. The number of benzene rings is 2. The van der Waals surface area contributed by atoms with Gasteiger partial charge in [0.1, 0.15) is 11.6 Å². The Morgan fingerprint density at radius 1 is 1.02 bits per heavy atom. The van der Waals surface area contributed by atoms with E-state index in [4.69, 9.17) is 17.3 Å². The summed E-state index contributed by atoms with van der Waals surface area (Å²) in [7, 11) is -7.37. The van der Waals surface area contributed by atoms with Crippen molar-refractivity contribution >= 4 is 49.2 Å². The van der Waals surface area contributed by atoms with Crippen LogP contribution in [0.3, 0.4) is 0 Å². The average Bonchev–Trinajstić information content (AvgIpc) is 3.47. The van der Waals surface area contributed by atoms with Crippen molar-refractivity contribution in [2.24, 2.45) is 11.7 Å². The second kappa shape index (κ2) is 12.8. The fourth-order valence-electron chi connectivity index (χ4n) is 6.01. The van der Waals surface area contributed by atoms with Crippen LogP contribution < -0.4 is 15.8 Å². The summed E-state index contributed by atoms with van der Waals surface area (Å²) in [6, 6.07) is 12.8. The predicted molar refractivity (Wildman–Crippen MR) is 164 cm³/mol. The highest BCUT2D eigenvalue weighted by Gasteiger charge is 2.68. The molecule has 4 N–H and O–H groups in total. The molecule has 0 spiro atoms. The number of amides is 3. The van der Waals surface area contributed by atoms with Gasteiger partial charge in [-0.1, -0.05) is 48.0 Å². The van der Waals surface area contributed by atoms with Gasteiger partial charge in [0, 0.05) is 37.7 Å². The van der Waals surface area contributed by atoms with Gasteiger partial charge in [0.25, 0.3) is 0 Å². The Hall–Kier alpha value is -3.04. The molecule has 3 fully saturated rings. The first-order chi connectivity index (χ1) is 20.8. The van der Waals surface area contributed by atoms with E-state index in [1.54, 1.807) is 48.5 Å². The third-order valence-electron chi connectivity index (χ3n) is 8.49. The zero-order valence-corrected chi connectivity index (χ0v) is 26.5. The lowest BCUT2D eigenvalue weighted by molar-refractivity contribution is -0.142. The van der Waals surface area contributed by atoms with Gasteiger partial charge in [-0.05, 0) is 48.1 Å². The van der Waals surface area contributed by atoms with Crippen molar-refractivity contribution in [2.45, 2.75) is 49.7 Å². The number of hydrogen-bond donors (Lipinski definition) is 3. The van der Waals surface area contributed by atoms with Crippen LogP contribution in [0.25, 0.3) is 0 Å². The van der Waals surface area contributed by atoms with E-state index in [0.717, 1.165) is 11.1 Å². The Morgan fingerprint density at radius 3 is 2.41 bits per heavy atom. The van der Waals surface area contributed by atoms with Gasteiger partial charge >= 0.3 is 0 Å². The number of nitrogens with two attached hydrogens (primary N) is 1. The summed E-state index contributed by atoms with van der Waals surface area (Å²) in [5.74, 6) is -3.35. The Balaban J connectivity index is 1.36. The van der Waals surface area contributed by atoms with Gasteiger partial charge in [-0.2, -0.15) is 4.72 Å². The first kappa shape index (κ1) is 32.4. The van der Waals surface area contributed by atoms with Gasteiger partial charge in [-0.15, -0.1) is 0 Å². The number of likely N-dealkylation sites (tertiary alicyclic amines) is 1. The van der Waals surface area contributed by atoms with Crippen LogP contribution >= 0.6 is 11.6 Å². The Kier molecular flexibility index (Phi) is 9.38. The van der Waals surface area contributed by atoms with E-state index >= 15 is 0 Å². The number of nitrogens with one attached hydrogen (secondary N) is 2. The predicted octanol–water partition coefficient (Wildman–Crippen LogP) is 0.541. The van der Waals surface area contributed by atoms with Gasteiger partial charge in [0.15, 0.2) is 9.84 Å². The SMILES string of the molecule is NCc1ccc(Cl)cc1CNC(=O)[C@@H]1CCCN1C(=O)C1(NS(=O)(=O)Cc2ccccc2)C[C@@H]1C(=O)N1CCS(=O)(=O)CC1. The Labute approximate surface area is 262 Å². The molecule has 2 aromatic rings. The minimum Gasteiger partial charge on any atom is -0.350 e. The van der Waals surface area contributed by atoms with Crippen molar-refractivity contribution in [3.05, 3.63) is 70.2 Å². The third kappa shape index (κ3) is 7.09. The van der Waals surface area contributed by atoms with E-state index in [1.807, 2.05) is 0 Å². The summed E-state index contributed by atoms with van der Waals surface area (Å²) in [6.07, 6.45) is 0.798. The van der Waals surface area contributed by atoms with Gasteiger partial charge in [-0.25, -0.2) is 16.8 Å². The van der Waals surface area contributed by atoms with E-state index in [0.29, 0.717) is 23.4 Å². The lowest BCUT2D eigenvalue weighted by Crippen LogP contribution is -2.57. The molecule has 2 heterocycles. The molecule has 15 heteroatoms. The molecule has 2 aliphatic heterocycles. The number of hydrogen-bond acceptors (Lipinski definition) is 8. The first-order valence-electron chi connectivity index (χ1n) is 14.4. The van der Waals surface area contributed by atoms with Crippen molar-refractivity contribution in [2.75, 3.05) is 31.1 Å². The highest BCUT2D eigenvalue weighted by atomic mass is 35.5. The van der Waals surface area contributed by atoms with Gasteiger partial charge < -0.3 is 20.9 Å². The number of carbonyl (C=O) groups excluding carboxylic acids is 3. The van der Waals surface area contributed by atoms with Crippen LogP contribution in [-0.4, -0.2) is 87.1 Å². The largest absolute Gasteiger partial charge is 0.350 e. The zero-order valence-electron chi connectivity index (χ0n) is 24.1. The smallest absolute Gasteiger partial charge is 0.245 e. The van der Waals surface area contributed by atoms with E-state index in [-0.39, 0.29) is 50.7 Å². The molecule has 0 bridgehead atoms. The standard InChI is InChI=1S/C29H36ClN5O7S2/c30-23-9-8-21(17-31)22(15-23)18-32-26(36)25-7-4-10-35(25)28(38)29(33-44(41,42)19-20-5-2-1-3-6-20)16-24(29)27(37)34-11-13-43(39,40)14-12-34/h1-3,5-6,8-9,15,24-25,33H,4,7,10-14,16-19,31H2,(H,32,36)/t24-,25+,29?/m1/s1. The minimum absolute atomic E-state index is 0.0261. The summed E-state index contributed by atoms with van der Waals surface area (Å²) in [4.78, 5) is 43.9. The third-order valence-corrected chi connectivity index (χ3v) is 11.7. The minimum atomic E-state index is -4.10. The second-order valence-electron chi connectivity index (χ2n) is 11.5. The maximum absolute atomic E-state index is 14.2. The molecule has 0 radical (unpaired) electrons. The Morgan fingerprint density at radius 2 is 1.73 bits per heavy atom. The van der Waals surface area contributed by atoms with Crippen LogP contribution in [-0.2, 0) is 53.1 Å². The molecule has 0 aromatic heterocycles. The molecule has 1 aliphatic carbocycles. The number of halogens is 1. The topological polar surface area (TPSA) is 176 Å². The monoisotopic (exact) mass is 665 g/mol. The van der Waals surface area contributed by atoms with E-state index < -0.39 is 60.8 Å². The lowest BCUT2D eigenvalue weighted by atomic mass is 10.1. The number of sulfonamides is 1. The number of rotatable bonds is 10. The highest BCUT2D eigenvalue weighted by molar-refractivity contribution is 7.91. The second-order valence-corrected chi connectivity index (χ2v) is 16.0. The van der Waals surface area contributed by atoms with Crippen molar-refractivity contribution in [3.8, 4) is 0 Å². The molecule has 12 nitrogen and oxygen atoms in total. The van der Waals surface area contributed by atoms with Gasteiger partial charge in [0.05, 0.1) is 23.2 Å². The van der Waals surface area contributed by atoms with Crippen molar-refractivity contribution in [1.29, 1.82) is 0 Å². The van der Waals surface area contributed by atoms with Gasteiger partial charge in [0.2, 0.25) is 27.7 Å². The molecule has 238 valence electrons. The summed E-state index contributed by atoms with van der Waals surface area (Å²) >= 11 is 6.13. The summed E-state index contributed by atoms with van der Waals surface area (Å²) in [6.45, 7) is 0.551. The fraction of sp³-hybridized carbons (Fsp3) is 0.483. The van der Waals surface area contributed by atoms with Crippen LogP contribution in [0.1, 0.15) is 36.0 Å². The van der Waals surface area contributed by atoms with E-state index in [1.165, 1.54) is 9.80 Å². The van der Waals surface area contributed by atoms with Crippen LogP contribution in [0, 0.1) is 5.92 Å². The fourth-order valence-corrected chi connectivity index (χ4v) is 8.98. The molecule has 2 aromatic carbocycles. The van der Waals surface area contributed by atoms with Crippen molar-refractivity contribution in [1.82, 2.24) is 19.8 Å². The van der Waals surface area contributed by atoms with Crippen LogP contribution in [0.5, 0.6) is 0 Å². The van der Waals surface area contributed by atoms with Crippen molar-refractivity contribution < 1.29 is 31.2 Å². The summed E-state index contributed by atoms with van der Waals surface area (Å²) in [5, 5.41) is 3.35. The van der Waals surface area contributed by atoms with Crippen LogP contribution in [0.2, 0.25) is 5.02 Å². The summed E-state index contributed by atoms with van der Waals surface area (Å²) in [5.41, 5.74) is 6.11. The summed E-state index contributed by atoms with van der Waals surface area (Å²) < 4.78 is 53.2. The highest BCUT2D eigenvalue weighted by Crippen LogP contribution is 2.48. The van der Waals surface area contributed by atoms with E-state index in [9.17, 15) is 31.2 Å².